The number of rotatable bonds is 4. The maximum atomic E-state index is 12.3. The van der Waals surface area contributed by atoms with Gasteiger partial charge in [-0.1, -0.05) is 31.4 Å². The Kier molecular flexibility index (Phi) is 4.43. The van der Waals surface area contributed by atoms with Gasteiger partial charge in [-0.05, 0) is 25.0 Å². The summed E-state index contributed by atoms with van der Waals surface area (Å²) in [6.45, 7) is 0.217. The van der Waals surface area contributed by atoms with Crippen molar-refractivity contribution in [1.29, 1.82) is 5.26 Å². The Hall–Kier alpha value is -1.42. The zero-order valence-electron chi connectivity index (χ0n) is 11.3. The normalized spacial score (nSPS) is 18.4. The molecule has 0 amide bonds. The van der Waals surface area contributed by atoms with Crippen molar-refractivity contribution in [3.63, 3.8) is 0 Å². The molecule has 0 spiro atoms. The third-order valence-corrected chi connectivity index (χ3v) is 5.22. The number of hydrogen-bond donors (Lipinski definition) is 2. The lowest BCUT2D eigenvalue weighted by Crippen LogP contribution is -2.51. The molecule has 0 bridgehead atoms. The minimum Gasteiger partial charge on any atom is -0.324 e. The summed E-state index contributed by atoms with van der Waals surface area (Å²) in [6, 6.07) is 8.08. The van der Waals surface area contributed by atoms with E-state index in [4.69, 9.17) is 11.0 Å². The van der Waals surface area contributed by atoms with Gasteiger partial charge < -0.3 is 5.73 Å². The Morgan fingerprint density at radius 2 is 1.90 bits per heavy atom. The lowest BCUT2D eigenvalue weighted by Gasteiger charge is -2.33. The topological polar surface area (TPSA) is 96.0 Å². The average molecular weight is 293 g/mol. The third-order valence-electron chi connectivity index (χ3n) is 3.76. The second-order valence-electron chi connectivity index (χ2n) is 5.36. The molecule has 1 aliphatic rings. The monoisotopic (exact) mass is 293 g/mol. The minimum atomic E-state index is -3.69. The Labute approximate surface area is 119 Å². The van der Waals surface area contributed by atoms with Crippen molar-refractivity contribution in [2.24, 2.45) is 5.73 Å². The second-order valence-corrected chi connectivity index (χ2v) is 7.09. The van der Waals surface area contributed by atoms with E-state index in [1.807, 2.05) is 6.07 Å². The maximum absolute atomic E-state index is 12.3. The zero-order valence-corrected chi connectivity index (χ0v) is 12.1. The van der Waals surface area contributed by atoms with Crippen LogP contribution in [0, 0.1) is 11.3 Å². The number of nitriles is 1. The molecule has 5 nitrogen and oxygen atoms in total. The van der Waals surface area contributed by atoms with Crippen LogP contribution in [-0.2, 0) is 10.0 Å². The van der Waals surface area contributed by atoms with Crippen LogP contribution >= 0.6 is 0 Å². The maximum Gasteiger partial charge on any atom is 0.241 e. The summed E-state index contributed by atoms with van der Waals surface area (Å²) >= 11 is 0. The molecule has 1 aromatic carbocycles. The van der Waals surface area contributed by atoms with E-state index in [2.05, 4.69) is 4.72 Å². The Balaban J connectivity index is 2.14. The van der Waals surface area contributed by atoms with Gasteiger partial charge in [0.05, 0.1) is 10.5 Å². The molecule has 0 unspecified atom stereocenters. The fourth-order valence-electron chi connectivity index (χ4n) is 2.54. The van der Waals surface area contributed by atoms with E-state index < -0.39 is 15.6 Å². The van der Waals surface area contributed by atoms with Crippen LogP contribution in [0.5, 0.6) is 0 Å². The van der Waals surface area contributed by atoms with Gasteiger partial charge in [-0.2, -0.15) is 5.26 Å². The molecule has 2 rings (SSSR count). The summed E-state index contributed by atoms with van der Waals surface area (Å²) in [7, 11) is -3.69. The summed E-state index contributed by atoms with van der Waals surface area (Å²) in [5.41, 5.74) is 5.91. The van der Waals surface area contributed by atoms with Crippen molar-refractivity contribution < 1.29 is 8.42 Å². The fraction of sp³-hybridized carbons (Fsp3) is 0.500. The first-order chi connectivity index (χ1) is 9.47. The van der Waals surface area contributed by atoms with Crippen molar-refractivity contribution in [2.75, 3.05) is 6.54 Å². The van der Waals surface area contributed by atoms with Gasteiger partial charge in [0.1, 0.15) is 6.07 Å². The first kappa shape index (κ1) is 15.0. The van der Waals surface area contributed by atoms with E-state index in [1.54, 1.807) is 12.1 Å². The minimum absolute atomic E-state index is 0.0157. The Morgan fingerprint density at radius 1 is 1.25 bits per heavy atom. The van der Waals surface area contributed by atoms with E-state index in [9.17, 15) is 8.42 Å². The predicted molar refractivity (Wildman–Crippen MR) is 76.3 cm³/mol. The first-order valence-corrected chi connectivity index (χ1v) is 8.23. The highest BCUT2D eigenvalue weighted by molar-refractivity contribution is 7.89. The molecule has 0 atom stereocenters. The van der Waals surface area contributed by atoms with Crippen LogP contribution in [0.4, 0.5) is 0 Å². The molecular formula is C14H19N3O2S. The van der Waals surface area contributed by atoms with Gasteiger partial charge in [0.2, 0.25) is 10.0 Å². The highest BCUT2D eigenvalue weighted by Gasteiger charge is 2.29. The summed E-state index contributed by atoms with van der Waals surface area (Å²) in [5.74, 6) is 0. The van der Waals surface area contributed by atoms with E-state index in [0.29, 0.717) is 0 Å². The highest BCUT2D eigenvalue weighted by Crippen LogP contribution is 2.25. The number of nitrogens with two attached hydrogens (primary N) is 1. The first-order valence-electron chi connectivity index (χ1n) is 6.75. The molecule has 1 aromatic rings. The van der Waals surface area contributed by atoms with Crippen molar-refractivity contribution in [2.45, 2.75) is 42.5 Å². The predicted octanol–water partition coefficient (Wildman–Crippen LogP) is 1.50. The van der Waals surface area contributed by atoms with Gasteiger partial charge in [-0.25, -0.2) is 13.1 Å². The summed E-state index contributed by atoms with van der Waals surface area (Å²) in [6.07, 6.45) is 4.88. The number of sulfonamides is 1. The summed E-state index contributed by atoms with van der Waals surface area (Å²) < 4.78 is 27.1. The molecule has 0 saturated heterocycles. The molecule has 3 N–H and O–H groups in total. The quantitative estimate of drug-likeness (QED) is 0.879. The molecule has 1 aliphatic carbocycles. The smallest absolute Gasteiger partial charge is 0.241 e. The van der Waals surface area contributed by atoms with Crippen molar-refractivity contribution >= 4 is 10.0 Å². The second kappa shape index (κ2) is 5.92. The Morgan fingerprint density at radius 3 is 2.55 bits per heavy atom. The molecular weight excluding hydrogens is 274 g/mol. The largest absolute Gasteiger partial charge is 0.324 e. The van der Waals surface area contributed by atoms with Gasteiger partial charge in [-0.15, -0.1) is 0 Å². The fourth-order valence-corrected chi connectivity index (χ4v) is 3.84. The third kappa shape index (κ3) is 3.37. The van der Waals surface area contributed by atoms with Crippen LogP contribution in [0.15, 0.2) is 29.2 Å². The molecule has 6 heteroatoms. The van der Waals surface area contributed by atoms with Crippen LogP contribution in [0.2, 0.25) is 0 Å². The lowest BCUT2D eigenvalue weighted by molar-refractivity contribution is 0.296. The van der Waals surface area contributed by atoms with Crippen molar-refractivity contribution in [3.05, 3.63) is 29.8 Å². The summed E-state index contributed by atoms with van der Waals surface area (Å²) in [5, 5.41) is 8.98. The standard InChI is InChI=1S/C14H19N3O2S/c15-10-12-6-2-3-7-13(12)20(18,19)17-11-14(16)8-4-1-5-9-14/h2-3,6-7,17H,1,4-5,8-9,11,16H2. The van der Waals surface area contributed by atoms with Crippen molar-refractivity contribution in [1.82, 2.24) is 4.72 Å². The molecule has 0 radical (unpaired) electrons. The van der Waals surface area contributed by atoms with Crippen LogP contribution in [0.1, 0.15) is 37.7 Å². The van der Waals surface area contributed by atoms with Crippen LogP contribution in [0.3, 0.4) is 0 Å². The highest BCUT2D eigenvalue weighted by atomic mass is 32.2. The van der Waals surface area contributed by atoms with E-state index in [1.165, 1.54) is 12.1 Å². The van der Waals surface area contributed by atoms with E-state index in [0.717, 1.165) is 32.1 Å². The molecule has 20 heavy (non-hydrogen) atoms. The van der Waals surface area contributed by atoms with Crippen LogP contribution in [-0.4, -0.2) is 20.5 Å². The lowest BCUT2D eigenvalue weighted by atomic mass is 9.83. The van der Waals surface area contributed by atoms with E-state index >= 15 is 0 Å². The van der Waals surface area contributed by atoms with Gasteiger partial charge in [-0.3, -0.25) is 0 Å². The van der Waals surface area contributed by atoms with E-state index in [-0.39, 0.29) is 17.0 Å². The van der Waals surface area contributed by atoms with Crippen LogP contribution < -0.4 is 10.5 Å². The van der Waals surface area contributed by atoms with Gasteiger partial charge >= 0.3 is 0 Å². The molecule has 0 heterocycles. The summed E-state index contributed by atoms with van der Waals surface area (Å²) in [4.78, 5) is 0.0157. The molecule has 0 aliphatic heterocycles. The SMILES string of the molecule is N#Cc1ccccc1S(=O)(=O)NCC1(N)CCCCC1. The van der Waals surface area contributed by atoms with Gasteiger partial charge in [0.15, 0.2) is 0 Å². The molecule has 0 aromatic heterocycles. The number of hydrogen-bond acceptors (Lipinski definition) is 4. The molecule has 1 fully saturated rings. The molecule has 1 saturated carbocycles. The number of nitrogens with one attached hydrogen (secondary N) is 1. The Bertz CT molecular complexity index is 614. The number of nitrogens with zero attached hydrogens (tertiary/aromatic N) is 1. The van der Waals surface area contributed by atoms with Gasteiger partial charge in [0, 0.05) is 12.1 Å². The average Bonchev–Trinajstić information content (AvgIpc) is 2.46. The number of benzene rings is 1. The van der Waals surface area contributed by atoms with Crippen molar-refractivity contribution in [3.8, 4) is 6.07 Å². The van der Waals surface area contributed by atoms with Gasteiger partial charge in [0.25, 0.3) is 0 Å². The zero-order chi connectivity index (χ0) is 14.6. The van der Waals surface area contributed by atoms with Crippen LogP contribution in [0.25, 0.3) is 0 Å². The molecule has 108 valence electrons.